The highest BCUT2D eigenvalue weighted by Gasteiger charge is 2.26. The normalized spacial score (nSPS) is 16.9. The standard InChI is InChI=1S/C33H33N3O2/c37-33(38)30-7-3-4-27(32(30)28-15-14-26-16-17-34-31(26)22-28)13-12-24-8-10-25(11-9-24)23-35-18-20-36(21-19-35)29-5-1-2-6-29/h3-4,7-11,14-17,22,29,34H,1-2,5-6,18-21,23H2,(H,37,38). The van der Waals surface area contributed by atoms with Crippen molar-refractivity contribution in [2.75, 3.05) is 26.2 Å². The van der Waals surface area contributed by atoms with Crippen LogP contribution in [0.2, 0.25) is 0 Å². The number of carboxylic acid groups (broad SMARTS) is 1. The van der Waals surface area contributed by atoms with E-state index in [1.807, 2.05) is 36.5 Å². The van der Waals surface area contributed by atoms with Crippen LogP contribution in [-0.4, -0.2) is 58.1 Å². The minimum absolute atomic E-state index is 0.256. The number of benzene rings is 3. The van der Waals surface area contributed by atoms with Crippen molar-refractivity contribution in [3.63, 3.8) is 0 Å². The second-order valence-corrected chi connectivity index (χ2v) is 10.5. The molecule has 6 rings (SSSR count). The van der Waals surface area contributed by atoms with Crippen molar-refractivity contribution >= 4 is 16.9 Å². The molecular weight excluding hydrogens is 470 g/mol. The molecule has 2 fully saturated rings. The topological polar surface area (TPSA) is 59.6 Å². The summed E-state index contributed by atoms with van der Waals surface area (Å²) in [6.07, 6.45) is 7.45. The molecule has 192 valence electrons. The highest BCUT2D eigenvalue weighted by molar-refractivity contribution is 5.99. The summed E-state index contributed by atoms with van der Waals surface area (Å²) in [6, 6.07) is 22.6. The molecule has 1 saturated carbocycles. The van der Waals surface area contributed by atoms with Crippen LogP contribution in [0, 0.1) is 11.8 Å². The fraction of sp³-hybridized carbons (Fsp3) is 0.303. The van der Waals surface area contributed by atoms with Gasteiger partial charge in [0.2, 0.25) is 0 Å². The number of rotatable bonds is 5. The Labute approximate surface area is 224 Å². The number of aromatic amines is 1. The fourth-order valence-corrected chi connectivity index (χ4v) is 6.00. The zero-order valence-corrected chi connectivity index (χ0v) is 21.6. The smallest absolute Gasteiger partial charge is 0.336 e. The van der Waals surface area contributed by atoms with Crippen molar-refractivity contribution in [3.05, 3.63) is 95.2 Å². The Balaban J connectivity index is 1.18. The molecule has 2 N–H and O–H groups in total. The van der Waals surface area contributed by atoms with E-state index in [1.54, 1.807) is 12.1 Å². The third-order valence-corrected chi connectivity index (χ3v) is 8.09. The van der Waals surface area contributed by atoms with Crippen LogP contribution in [-0.2, 0) is 6.54 Å². The lowest BCUT2D eigenvalue weighted by molar-refractivity contribution is 0.0697. The molecule has 0 spiro atoms. The average molecular weight is 504 g/mol. The number of aromatic nitrogens is 1. The first-order valence-corrected chi connectivity index (χ1v) is 13.7. The van der Waals surface area contributed by atoms with Gasteiger partial charge in [0, 0.05) is 67.2 Å². The molecule has 5 heteroatoms. The summed E-state index contributed by atoms with van der Waals surface area (Å²) in [5.41, 5.74) is 5.65. The molecule has 0 amide bonds. The van der Waals surface area contributed by atoms with Crippen LogP contribution in [0.25, 0.3) is 22.0 Å². The van der Waals surface area contributed by atoms with Crippen LogP contribution < -0.4 is 0 Å². The third-order valence-electron chi connectivity index (χ3n) is 8.09. The molecule has 3 aromatic carbocycles. The van der Waals surface area contributed by atoms with E-state index in [-0.39, 0.29) is 5.56 Å². The molecule has 1 saturated heterocycles. The number of fused-ring (bicyclic) bond motifs is 1. The van der Waals surface area contributed by atoms with E-state index in [0.717, 1.165) is 47.7 Å². The maximum absolute atomic E-state index is 12.1. The number of H-pyrrole nitrogens is 1. The highest BCUT2D eigenvalue weighted by atomic mass is 16.4. The van der Waals surface area contributed by atoms with Gasteiger partial charge in [-0.3, -0.25) is 9.80 Å². The summed E-state index contributed by atoms with van der Waals surface area (Å²) in [5.74, 6) is 5.57. The van der Waals surface area contributed by atoms with Crippen LogP contribution in [0.4, 0.5) is 0 Å². The zero-order chi connectivity index (χ0) is 25.9. The summed E-state index contributed by atoms with van der Waals surface area (Å²) in [5, 5.41) is 11.0. The summed E-state index contributed by atoms with van der Waals surface area (Å²) in [4.78, 5) is 20.5. The number of carboxylic acids is 1. The van der Waals surface area contributed by atoms with Crippen molar-refractivity contribution < 1.29 is 9.90 Å². The number of nitrogens with zero attached hydrogens (tertiary/aromatic N) is 2. The average Bonchev–Trinajstić information content (AvgIpc) is 3.65. The van der Waals surface area contributed by atoms with Crippen LogP contribution in [0.5, 0.6) is 0 Å². The number of hydrogen-bond acceptors (Lipinski definition) is 3. The first-order valence-electron chi connectivity index (χ1n) is 13.7. The number of piperazine rings is 1. The van der Waals surface area contributed by atoms with Crippen LogP contribution in [0.15, 0.2) is 72.9 Å². The van der Waals surface area contributed by atoms with Crippen molar-refractivity contribution in [2.24, 2.45) is 0 Å². The number of hydrogen-bond donors (Lipinski definition) is 2. The Morgan fingerprint density at radius 2 is 1.71 bits per heavy atom. The predicted octanol–water partition coefficient (Wildman–Crippen LogP) is 5.99. The Kier molecular flexibility index (Phi) is 7.00. The van der Waals surface area contributed by atoms with Gasteiger partial charge in [-0.2, -0.15) is 0 Å². The summed E-state index contributed by atoms with van der Waals surface area (Å²) in [6.45, 7) is 5.60. The summed E-state index contributed by atoms with van der Waals surface area (Å²) >= 11 is 0. The van der Waals surface area contributed by atoms with Gasteiger partial charge in [-0.1, -0.05) is 55.0 Å². The van der Waals surface area contributed by atoms with Crippen molar-refractivity contribution in [3.8, 4) is 23.0 Å². The molecule has 2 aliphatic rings. The van der Waals surface area contributed by atoms with Crippen LogP contribution in [0.3, 0.4) is 0 Å². The Morgan fingerprint density at radius 3 is 2.47 bits per heavy atom. The largest absolute Gasteiger partial charge is 0.478 e. The minimum Gasteiger partial charge on any atom is -0.478 e. The van der Waals surface area contributed by atoms with Gasteiger partial charge in [-0.15, -0.1) is 0 Å². The molecule has 1 aliphatic carbocycles. The third kappa shape index (κ3) is 5.24. The maximum Gasteiger partial charge on any atom is 0.336 e. The molecule has 1 aliphatic heterocycles. The van der Waals surface area contributed by atoms with Crippen molar-refractivity contribution in [2.45, 2.75) is 38.3 Å². The van der Waals surface area contributed by atoms with Gasteiger partial charge in [0.1, 0.15) is 0 Å². The molecule has 0 bridgehead atoms. The first kappa shape index (κ1) is 24.5. The number of aromatic carboxylic acids is 1. The summed E-state index contributed by atoms with van der Waals surface area (Å²) < 4.78 is 0. The second kappa shape index (κ2) is 10.9. The monoisotopic (exact) mass is 503 g/mol. The molecular formula is C33H33N3O2. The van der Waals surface area contributed by atoms with Gasteiger partial charge >= 0.3 is 5.97 Å². The fourth-order valence-electron chi connectivity index (χ4n) is 6.00. The minimum atomic E-state index is -0.955. The second-order valence-electron chi connectivity index (χ2n) is 10.5. The van der Waals surface area contributed by atoms with Gasteiger partial charge in [0.05, 0.1) is 5.56 Å². The van der Waals surface area contributed by atoms with E-state index in [0.29, 0.717) is 11.1 Å². The van der Waals surface area contributed by atoms with Gasteiger partial charge in [-0.05, 0) is 65.8 Å². The van der Waals surface area contributed by atoms with Gasteiger partial charge in [0.25, 0.3) is 0 Å². The quantitative estimate of drug-likeness (QED) is 0.328. The molecule has 1 aromatic heterocycles. The number of nitrogens with one attached hydrogen (secondary N) is 1. The molecule has 38 heavy (non-hydrogen) atoms. The van der Waals surface area contributed by atoms with Crippen molar-refractivity contribution in [1.82, 2.24) is 14.8 Å². The molecule has 0 unspecified atom stereocenters. The lowest BCUT2D eigenvalue weighted by atomic mass is 9.93. The Bertz CT molecular complexity index is 1490. The lowest BCUT2D eigenvalue weighted by Gasteiger charge is -2.38. The molecule has 5 nitrogen and oxygen atoms in total. The van der Waals surface area contributed by atoms with Crippen LogP contribution >= 0.6 is 0 Å². The molecule has 0 atom stereocenters. The Hall–Kier alpha value is -3.85. The van der Waals surface area contributed by atoms with E-state index >= 15 is 0 Å². The van der Waals surface area contributed by atoms with E-state index < -0.39 is 5.97 Å². The van der Waals surface area contributed by atoms with Crippen molar-refractivity contribution in [1.29, 1.82) is 0 Å². The first-order chi connectivity index (χ1) is 18.6. The Morgan fingerprint density at radius 1 is 0.921 bits per heavy atom. The van der Waals surface area contributed by atoms with E-state index in [9.17, 15) is 9.90 Å². The highest BCUT2D eigenvalue weighted by Crippen LogP contribution is 2.30. The number of carbonyl (C=O) groups is 1. The summed E-state index contributed by atoms with van der Waals surface area (Å²) in [7, 11) is 0. The lowest BCUT2D eigenvalue weighted by Crippen LogP contribution is -2.49. The zero-order valence-electron chi connectivity index (χ0n) is 21.6. The molecule has 4 aromatic rings. The molecule has 2 heterocycles. The van der Waals surface area contributed by atoms with E-state index in [2.05, 4.69) is 50.9 Å². The van der Waals surface area contributed by atoms with E-state index in [4.69, 9.17) is 0 Å². The van der Waals surface area contributed by atoms with Crippen LogP contribution in [0.1, 0.15) is 52.7 Å². The maximum atomic E-state index is 12.1. The predicted molar refractivity (Wildman–Crippen MR) is 152 cm³/mol. The van der Waals surface area contributed by atoms with E-state index in [1.165, 1.54) is 44.3 Å². The molecule has 0 radical (unpaired) electrons. The van der Waals surface area contributed by atoms with Gasteiger partial charge in [-0.25, -0.2) is 4.79 Å². The SMILES string of the molecule is O=C(O)c1cccc(C#Cc2ccc(CN3CCN(C4CCCC4)CC3)cc2)c1-c1ccc2cc[nH]c2c1. The van der Waals surface area contributed by atoms with Gasteiger partial charge < -0.3 is 10.1 Å². The van der Waals surface area contributed by atoms with Gasteiger partial charge in [0.15, 0.2) is 0 Å².